The van der Waals surface area contributed by atoms with E-state index in [-0.39, 0.29) is 0 Å². The van der Waals surface area contributed by atoms with Crippen LogP contribution in [0.15, 0.2) is 5.10 Å². The summed E-state index contributed by atoms with van der Waals surface area (Å²) in [5, 5.41) is 14.7. The lowest BCUT2D eigenvalue weighted by Gasteiger charge is -2.25. The normalized spacial score (nSPS) is 37.6. The minimum Gasteiger partial charge on any atom is -0.605 e. The van der Waals surface area contributed by atoms with Gasteiger partial charge in [0.15, 0.2) is 0 Å². The van der Waals surface area contributed by atoms with E-state index in [9.17, 15) is 5.21 Å². The van der Waals surface area contributed by atoms with E-state index in [0.29, 0.717) is 6.54 Å². The molecule has 1 heterocycles. The van der Waals surface area contributed by atoms with Crippen molar-refractivity contribution in [2.24, 2.45) is 5.10 Å². The number of nitrogens with zero attached hydrogens (tertiary/aromatic N) is 2. The molecule has 1 aliphatic rings. The minimum atomic E-state index is -0.425. The third-order valence-corrected chi connectivity index (χ3v) is 1.27. The van der Waals surface area contributed by atoms with Crippen LogP contribution in [0.4, 0.5) is 0 Å². The third kappa shape index (κ3) is 1.05. The molecular weight excluding hydrogens is 104 g/mol. The fourth-order valence-corrected chi connectivity index (χ4v) is 0.830. The largest absolute Gasteiger partial charge is 0.605 e. The second kappa shape index (κ2) is 1.53. The Balaban J connectivity index is 2.67. The Bertz CT molecular complexity index is 128. The lowest BCUT2D eigenvalue weighted by atomic mass is 10.3. The summed E-state index contributed by atoms with van der Waals surface area (Å²) < 4.78 is -0.425. The van der Waals surface area contributed by atoms with Crippen LogP contribution in [-0.4, -0.2) is 24.1 Å². The number of quaternary nitrogens is 1. The summed E-state index contributed by atoms with van der Waals surface area (Å²) in [4.78, 5) is 0. The Morgan fingerprint density at radius 3 is 2.50 bits per heavy atom. The molecule has 3 nitrogen and oxygen atoms in total. The van der Waals surface area contributed by atoms with Crippen molar-refractivity contribution in [3.05, 3.63) is 5.21 Å². The molecule has 46 valence electrons. The van der Waals surface area contributed by atoms with Crippen LogP contribution in [0.3, 0.4) is 0 Å². The number of hydroxylamine groups is 2. The molecule has 8 heavy (non-hydrogen) atoms. The molecule has 0 fully saturated rings. The molecule has 1 atom stereocenters. The van der Waals surface area contributed by atoms with Crippen LogP contribution < -0.4 is 0 Å². The van der Waals surface area contributed by atoms with Crippen molar-refractivity contribution in [3.8, 4) is 0 Å². The molecule has 1 rings (SSSR count). The number of rotatable bonds is 0. The van der Waals surface area contributed by atoms with E-state index in [2.05, 4.69) is 5.10 Å². The molecule has 0 saturated carbocycles. The molecule has 0 saturated heterocycles. The molecule has 0 bridgehead atoms. The molecule has 0 aromatic carbocycles. The molecule has 1 unspecified atom stereocenters. The van der Waals surface area contributed by atoms with Gasteiger partial charge in [0.2, 0.25) is 0 Å². The van der Waals surface area contributed by atoms with Gasteiger partial charge in [0.05, 0.1) is 12.8 Å². The van der Waals surface area contributed by atoms with Crippen molar-refractivity contribution in [1.29, 1.82) is 0 Å². The molecule has 0 aromatic rings. The highest BCUT2D eigenvalue weighted by Gasteiger charge is 2.16. The van der Waals surface area contributed by atoms with Gasteiger partial charge < -0.3 is 5.21 Å². The second-order valence-corrected chi connectivity index (χ2v) is 2.36. The molecule has 0 aromatic heterocycles. The molecule has 0 aliphatic carbocycles. The van der Waals surface area contributed by atoms with E-state index in [1.807, 2.05) is 6.92 Å². The first-order valence-corrected chi connectivity index (χ1v) is 2.72. The van der Waals surface area contributed by atoms with Gasteiger partial charge >= 0.3 is 0 Å². The van der Waals surface area contributed by atoms with Crippen LogP contribution in [0.25, 0.3) is 0 Å². The van der Waals surface area contributed by atoms with Gasteiger partial charge in [-0.15, -0.1) is 0 Å². The Hall–Kier alpha value is -0.410. The molecule has 3 heteroatoms. The van der Waals surface area contributed by atoms with Crippen molar-refractivity contribution < 1.29 is 4.76 Å². The molecule has 0 amide bonds. The zero-order valence-corrected chi connectivity index (χ0v) is 5.22. The van der Waals surface area contributed by atoms with E-state index in [1.165, 1.54) is 0 Å². The Labute approximate surface area is 48.8 Å². The smallest absolute Gasteiger partial charge is 0.108 e. The van der Waals surface area contributed by atoms with Crippen molar-refractivity contribution >= 4 is 5.71 Å². The molecule has 0 spiro atoms. The van der Waals surface area contributed by atoms with Crippen molar-refractivity contribution in [2.75, 3.05) is 13.6 Å². The van der Waals surface area contributed by atoms with Crippen LogP contribution in [0.5, 0.6) is 0 Å². The highest BCUT2D eigenvalue weighted by atomic mass is 16.6. The summed E-state index contributed by atoms with van der Waals surface area (Å²) in [6, 6.07) is 0. The topological polar surface area (TPSA) is 35.4 Å². The maximum Gasteiger partial charge on any atom is 0.108 e. The van der Waals surface area contributed by atoms with Gasteiger partial charge in [0, 0.05) is 6.42 Å². The highest BCUT2D eigenvalue weighted by molar-refractivity contribution is 5.82. The predicted octanol–water partition coefficient (Wildman–Crippen LogP) is 0.710. The Morgan fingerprint density at radius 1 is 1.75 bits per heavy atom. The molecular formula is C5H10N2O. The van der Waals surface area contributed by atoms with E-state index < -0.39 is 4.76 Å². The van der Waals surface area contributed by atoms with E-state index in [1.54, 1.807) is 7.05 Å². The van der Waals surface area contributed by atoms with Crippen LogP contribution in [0.2, 0.25) is 0 Å². The highest BCUT2D eigenvalue weighted by Crippen LogP contribution is 2.11. The van der Waals surface area contributed by atoms with Crippen molar-refractivity contribution in [3.63, 3.8) is 0 Å². The summed E-state index contributed by atoms with van der Waals surface area (Å²) in [6.07, 6.45) is 0.861. The van der Waals surface area contributed by atoms with Gasteiger partial charge in [-0.3, -0.25) is 0 Å². The van der Waals surface area contributed by atoms with Crippen LogP contribution >= 0.6 is 0 Å². The van der Waals surface area contributed by atoms with E-state index in [0.717, 1.165) is 12.1 Å². The number of hydrogen-bond donors (Lipinski definition) is 0. The quantitative estimate of drug-likeness (QED) is 0.337. The van der Waals surface area contributed by atoms with Gasteiger partial charge in [-0.25, -0.2) is 4.76 Å². The zero-order valence-electron chi connectivity index (χ0n) is 5.22. The zero-order chi connectivity index (χ0) is 6.20. The summed E-state index contributed by atoms with van der Waals surface area (Å²) >= 11 is 0. The fraction of sp³-hybridized carbons (Fsp3) is 0.800. The van der Waals surface area contributed by atoms with Gasteiger partial charge in [-0.1, -0.05) is 5.10 Å². The van der Waals surface area contributed by atoms with Crippen LogP contribution in [0, 0.1) is 5.21 Å². The average Bonchev–Trinajstić information content (AvgIpc) is 1.82. The maximum atomic E-state index is 10.9. The lowest BCUT2D eigenvalue weighted by molar-refractivity contribution is -0.861. The SMILES string of the molecule is CC1=N[N+](C)([O-])CC1. The molecule has 0 N–H and O–H groups in total. The van der Waals surface area contributed by atoms with Crippen LogP contribution in [0.1, 0.15) is 13.3 Å². The summed E-state index contributed by atoms with van der Waals surface area (Å²) in [5.74, 6) is 0. The summed E-state index contributed by atoms with van der Waals surface area (Å²) in [7, 11) is 1.57. The van der Waals surface area contributed by atoms with Gasteiger partial charge in [-0.05, 0) is 6.92 Å². The first-order chi connectivity index (χ1) is 3.60. The second-order valence-electron chi connectivity index (χ2n) is 2.36. The lowest BCUT2D eigenvalue weighted by Crippen LogP contribution is -2.27. The maximum absolute atomic E-state index is 10.9. The van der Waals surface area contributed by atoms with Crippen LogP contribution in [-0.2, 0) is 0 Å². The van der Waals surface area contributed by atoms with Gasteiger partial charge in [0.25, 0.3) is 0 Å². The van der Waals surface area contributed by atoms with Crippen molar-refractivity contribution in [1.82, 2.24) is 0 Å². The minimum absolute atomic E-state index is 0.425. The van der Waals surface area contributed by atoms with E-state index >= 15 is 0 Å². The molecule has 1 aliphatic heterocycles. The predicted molar refractivity (Wildman–Crippen MR) is 32.1 cm³/mol. The summed E-state index contributed by atoms with van der Waals surface area (Å²) in [5.41, 5.74) is 0.975. The fourth-order valence-electron chi connectivity index (χ4n) is 0.830. The number of hydrogen-bond acceptors (Lipinski definition) is 2. The van der Waals surface area contributed by atoms with Gasteiger partial charge in [0.1, 0.15) is 6.54 Å². The first kappa shape index (κ1) is 5.72. The Morgan fingerprint density at radius 2 is 2.38 bits per heavy atom. The molecule has 0 radical (unpaired) electrons. The first-order valence-electron chi connectivity index (χ1n) is 2.72. The van der Waals surface area contributed by atoms with Gasteiger partial charge in [-0.2, -0.15) is 0 Å². The van der Waals surface area contributed by atoms with Crippen molar-refractivity contribution in [2.45, 2.75) is 13.3 Å². The third-order valence-electron chi connectivity index (χ3n) is 1.27. The Kier molecular flexibility index (Phi) is 1.10. The standard InChI is InChI=1S/C5H10N2O/c1-5-3-4-7(2,8)6-5/h3-4H2,1-2H3. The summed E-state index contributed by atoms with van der Waals surface area (Å²) in [6.45, 7) is 2.51. The monoisotopic (exact) mass is 114 g/mol. The van der Waals surface area contributed by atoms with E-state index in [4.69, 9.17) is 0 Å². The average molecular weight is 114 g/mol.